The number of rotatable bonds is 4. The second-order valence-electron chi connectivity index (χ2n) is 4.98. The molecule has 1 aliphatic heterocycles. The summed E-state index contributed by atoms with van der Waals surface area (Å²) in [7, 11) is 4.04. The van der Waals surface area contributed by atoms with E-state index < -0.39 is 0 Å². The molecule has 2 rings (SSSR count). The van der Waals surface area contributed by atoms with Crippen LogP contribution in [0.1, 0.15) is 31.4 Å². The van der Waals surface area contributed by atoms with Crippen molar-refractivity contribution < 1.29 is 0 Å². The molecule has 17 heavy (non-hydrogen) atoms. The SMILES string of the molecule is CCN1CCC[C@H](CNC)[C@@H]1c1cnn(C)c1. The molecule has 0 saturated carbocycles. The fourth-order valence-corrected chi connectivity index (χ4v) is 3.06. The molecule has 0 unspecified atom stereocenters. The molecule has 0 aliphatic carbocycles. The van der Waals surface area contributed by atoms with Crippen molar-refractivity contribution in [3.05, 3.63) is 18.0 Å². The summed E-state index contributed by atoms with van der Waals surface area (Å²) < 4.78 is 1.91. The number of aromatic nitrogens is 2. The van der Waals surface area contributed by atoms with Crippen LogP contribution in [0.5, 0.6) is 0 Å². The topological polar surface area (TPSA) is 33.1 Å². The van der Waals surface area contributed by atoms with Gasteiger partial charge in [0.15, 0.2) is 0 Å². The van der Waals surface area contributed by atoms with Crippen LogP contribution in [0, 0.1) is 5.92 Å². The lowest BCUT2D eigenvalue weighted by atomic mass is 9.85. The molecule has 1 N–H and O–H groups in total. The van der Waals surface area contributed by atoms with Gasteiger partial charge in [-0.25, -0.2) is 0 Å². The van der Waals surface area contributed by atoms with Crippen molar-refractivity contribution in [2.45, 2.75) is 25.8 Å². The molecule has 2 atom stereocenters. The van der Waals surface area contributed by atoms with Gasteiger partial charge in [0.2, 0.25) is 0 Å². The quantitative estimate of drug-likeness (QED) is 0.858. The number of nitrogens with one attached hydrogen (secondary N) is 1. The highest BCUT2D eigenvalue weighted by molar-refractivity contribution is 5.13. The molecule has 1 saturated heterocycles. The van der Waals surface area contributed by atoms with Crippen LogP contribution >= 0.6 is 0 Å². The minimum absolute atomic E-state index is 0.537. The Hall–Kier alpha value is -0.870. The normalized spacial score (nSPS) is 26.3. The zero-order valence-electron chi connectivity index (χ0n) is 11.2. The lowest BCUT2D eigenvalue weighted by Gasteiger charge is -2.40. The van der Waals surface area contributed by atoms with Crippen LogP contribution in [0.3, 0.4) is 0 Å². The zero-order chi connectivity index (χ0) is 12.3. The molecule has 0 amide bonds. The number of hydrogen-bond acceptors (Lipinski definition) is 3. The molecule has 1 aliphatic rings. The van der Waals surface area contributed by atoms with E-state index in [-0.39, 0.29) is 0 Å². The molecule has 0 spiro atoms. The molecule has 1 aromatic heterocycles. The Morgan fingerprint density at radius 2 is 2.35 bits per heavy atom. The summed E-state index contributed by atoms with van der Waals surface area (Å²) in [4.78, 5) is 2.59. The van der Waals surface area contributed by atoms with E-state index in [0.29, 0.717) is 12.0 Å². The fourth-order valence-electron chi connectivity index (χ4n) is 3.06. The minimum atomic E-state index is 0.537. The average molecular weight is 236 g/mol. The average Bonchev–Trinajstić information content (AvgIpc) is 2.75. The highest BCUT2D eigenvalue weighted by Crippen LogP contribution is 2.35. The third-order valence-corrected chi connectivity index (χ3v) is 3.80. The van der Waals surface area contributed by atoms with Crippen LogP contribution in [0.25, 0.3) is 0 Å². The highest BCUT2D eigenvalue weighted by Gasteiger charge is 2.31. The van der Waals surface area contributed by atoms with Crippen LogP contribution in [0.4, 0.5) is 0 Å². The van der Waals surface area contributed by atoms with Gasteiger partial charge in [0.05, 0.1) is 6.20 Å². The van der Waals surface area contributed by atoms with Gasteiger partial charge in [0.25, 0.3) is 0 Å². The Morgan fingerprint density at radius 3 is 2.94 bits per heavy atom. The van der Waals surface area contributed by atoms with Crippen molar-refractivity contribution in [3.63, 3.8) is 0 Å². The third-order valence-electron chi connectivity index (χ3n) is 3.80. The number of piperidine rings is 1. The van der Waals surface area contributed by atoms with Gasteiger partial charge < -0.3 is 5.32 Å². The highest BCUT2D eigenvalue weighted by atomic mass is 15.3. The lowest BCUT2D eigenvalue weighted by Crippen LogP contribution is -2.41. The van der Waals surface area contributed by atoms with Crippen LogP contribution in [0.2, 0.25) is 0 Å². The van der Waals surface area contributed by atoms with Crippen molar-refractivity contribution in [2.75, 3.05) is 26.7 Å². The van der Waals surface area contributed by atoms with Crippen molar-refractivity contribution in [2.24, 2.45) is 13.0 Å². The van der Waals surface area contributed by atoms with E-state index in [1.807, 2.05) is 25.0 Å². The minimum Gasteiger partial charge on any atom is -0.319 e. The Bertz CT molecular complexity index is 345. The number of likely N-dealkylation sites (tertiary alicyclic amines) is 1. The lowest BCUT2D eigenvalue weighted by molar-refractivity contribution is 0.0981. The molecule has 0 aromatic carbocycles. The molecule has 0 bridgehead atoms. The summed E-state index contributed by atoms with van der Waals surface area (Å²) in [5.74, 6) is 0.706. The molecule has 1 fully saturated rings. The van der Waals surface area contributed by atoms with Crippen molar-refractivity contribution in [3.8, 4) is 0 Å². The van der Waals surface area contributed by atoms with E-state index in [1.54, 1.807) is 0 Å². The number of aryl methyl sites for hydroxylation is 1. The summed E-state index contributed by atoms with van der Waals surface area (Å²) in [5, 5.41) is 7.66. The monoisotopic (exact) mass is 236 g/mol. The van der Waals surface area contributed by atoms with E-state index in [1.165, 1.54) is 24.9 Å². The molecular formula is C13H24N4. The van der Waals surface area contributed by atoms with Crippen LogP contribution in [-0.4, -0.2) is 41.4 Å². The molecule has 4 heteroatoms. The predicted molar refractivity (Wildman–Crippen MR) is 69.8 cm³/mol. The van der Waals surface area contributed by atoms with E-state index in [4.69, 9.17) is 0 Å². The van der Waals surface area contributed by atoms with E-state index in [0.717, 1.165) is 13.1 Å². The zero-order valence-corrected chi connectivity index (χ0v) is 11.2. The Labute approximate surface area is 104 Å². The van der Waals surface area contributed by atoms with Gasteiger partial charge in [-0.2, -0.15) is 5.10 Å². The molecule has 96 valence electrons. The van der Waals surface area contributed by atoms with Gasteiger partial charge in [-0.3, -0.25) is 9.58 Å². The smallest absolute Gasteiger partial charge is 0.0537 e. The molecule has 0 radical (unpaired) electrons. The summed E-state index contributed by atoms with van der Waals surface area (Å²) in [5.41, 5.74) is 1.37. The van der Waals surface area contributed by atoms with Crippen molar-refractivity contribution in [1.82, 2.24) is 20.0 Å². The van der Waals surface area contributed by atoms with Gasteiger partial charge in [-0.1, -0.05) is 6.92 Å². The summed E-state index contributed by atoms with van der Waals surface area (Å²) in [6.07, 6.45) is 6.83. The van der Waals surface area contributed by atoms with Gasteiger partial charge in [-0.15, -0.1) is 0 Å². The van der Waals surface area contributed by atoms with Crippen molar-refractivity contribution >= 4 is 0 Å². The second kappa shape index (κ2) is 5.65. The maximum absolute atomic E-state index is 4.32. The van der Waals surface area contributed by atoms with Gasteiger partial charge >= 0.3 is 0 Å². The Morgan fingerprint density at radius 1 is 1.53 bits per heavy atom. The summed E-state index contributed by atoms with van der Waals surface area (Å²) in [6.45, 7) is 5.69. The second-order valence-corrected chi connectivity index (χ2v) is 4.98. The molecule has 4 nitrogen and oxygen atoms in total. The Balaban J connectivity index is 2.21. The first-order valence-electron chi connectivity index (χ1n) is 6.63. The maximum atomic E-state index is 4.32. The number of hydrogen-bond donors (Lipinski definition) is 1. The molecular weight excluding hydrogens is 212 g/mol. The van der Waals surface area contributed by atoms with E-state index in [2.05, 4.69) is 28.4 Å². The van der Waals surface area contributed by atoms with Gasteiger partial charge in [0.1, 0.15) is 0 Å². The number of nitrogens with zero attached hydrogens (tertiary/aromatic N) is 3. The standard InChI is InChI=1S/C13H24N4/c1-4-17-7-5-6-11(8-14-2)13(17)12-9-15-16(3)10-12/h9-11,13-14H,4-8H2,1-3H3/t11-,13-/m1/s1. The van der Waals surface area contributed by atoms with Gasteiger partial charge in [0, 0.05) is 24.8 Å². The van der Waals surface area contributed by atoms with Crippen LogP contribution in [0.15, 0.2) is 12.4 Å². The van der Waals surface area contributed by atoms with Crippen LogP contribution in [-0.2, 0) is 7.05 Å². The molecule has 1 aromatic rings. The first-order valence-corrected chi connectivity index (χ1v) is 6.63. The Kier molecular flexibility index (Phi) is 4.18. The van der Waals surface area contributed by atoms with Crippen molar-refractivity contribution in [1.29, 1.82) is 0 Å². The van der Waals surface area contributed by atoms with E-state index >= 15 is 0 Å². The first kappa shape index (κ1) is 12.6. The van der Waals surface area contributed by atoms with Gasteiger partial charge in [-0.05, 0) is 45.4 Å². The predicted octanol–water partition coefficient (Wildman–Crippen LogP) is 1.41. The summed E-state index contributed by atoms with van der Waals surface area (Å²) in [6, 6.07) is 0.537. The third kappa shape index (κ3) is 2.69. The first-order chi connectivity index (χ1) is 8.26. The summed E-state index contributed by atoms with van der Waals surface area (Å²) >= 11 is 0. The van der Waals surface area contributed by atoms with E-state index in [9.17, 15) is 0 Å². The largest absolute Gasteiger partial charge is 0.319 e. The maximum Gasteiger partial charge on any atom is 0.0537 e. The fraction of sp³-hybridized carbons (Fsp3) is 0.769. The molecule has 2 heterocycles. The van der Waals surface area contributed by atoms with Crippen LogP contribution < -0.4 is 5.32 Å².